The summed E-state index contributed by atoms with van der Waals surface area (Å²) >= 11 is 0.789. The Bertz CT molecular complexity index is 975. The first-order valence-corrected chi connectivity index (χ1v) is 10.7. The summed E-state index contributed by atoms with van der Waals surface area (Å²) < 4.78 is 10.6. The van der Waals surface area contributed by atoms with Crippen LogP contribution in [-0.2, 0) is 9.47 Å². The molecule has 2 rings (SSSR count). The molecule has 0 atom stereocenters. The quantitative estimate of drug-likeness (QED) is 0.301. The number of azo groups is 1. The molecule has 11 heteroatoms. The average molecular weight is 466 g/mol. The Morgan fingerprint density at radius 2 is 1.72 bits per heavy atom. The van der Waals surface area contributed by atoms with Crippen molar-refractivity contribution >= 4 is 39.7 Å². The summed E-state index contributed by atoms with van der Waals surface area (Å²) in [4.78, 5) is 24.8. The number of hydrogen-bond acceptors (Lipinski definition) is 9. The molecule has 0 bridgehead atoms. The maximum Gasteiger partial charge on any atom is 0.346 e. The van der Waals surface area contributed by atoms with Crippen molar-refractivity contribution < 1.29 is 34.4 Å². The molecular formula is C21H27N3O7S. The molecule has 0 radical (unpaired) electrons. The van der Waals surface area contributed by atoms with Crippen LogP contribution in [0.5, 0.6) is 0 Å². The molecule has 0 aliphatic heterocycles. The predicted octanol–water partition coefficient (Wildman–Crippen LogP) is 3.64. The van der Waals surface area contributed by atoms with E-state index in [1.807, 2.05) is 31.0 Å². The molecule has 32 heavy (non-hydrogen) atoms. The van der Waals surface area contributed by atoms with Crippen molar-refractivity contribution in [2.24, 2.45) is 10.2 Å². The van der Waals surface area contributed by atoms with E-state index in [0.717, 1.165) is 22.6 Å². The average Bonchev–Trinajstić information content (AvgIpc) is 3.08. The molecule has 0 fully saturated rings. The maximum absolute atomic E-state index is 11.5. The van der Waals surface area contributed by atoms with E-state index in [1.165, 1.54) is 6.92 Å². The van der Waals surface area contributed by atoms with Gasteiger partial charge in [0.15, 0.2) is 5.00 Å². The summed E-state index contributed by atoms with van der Waals surface area (Å²) in [6, 6.07) is 5.57. The predicted molar refractivity (Wildman–Crippen MR) is 120 cm³/mol. The van der Waals surface area contributed by atoms with Crippen LogP contribution in [0.1, 0.15) is 31.2 Å². The van der Waals surface area contributed by atoms with Crippen LogP contribution in [0.4, 0.5) is 16.4 Å². The number of aliphatic hydroxyl groups is 1. The molecule has 2 aromatic rings. The second-order valence-corrected chi connectivity index (χ2v) is 7.89. The Hall–Kier alpha value is -2.86. The number of carboxylic acids is 2. The summed E-state index contributed by atoms with van der Waals surface area (Å²) in [6.07, 6.45) is 0. The number of carbonyl (C=O) groups is 2. The van der Waals surface area contributed by atoms with Crippen LogP contribution in [0.2, 0.25) is 0 Å². The lowest BCUT2D eigenvalue weighted by molar-refractivity contribution is 0.0353. The van der Waals surface area contributed by atoms with E-state index in [9.17, 15) is 19.8 Å². The van der Waals surface area contributed by atoms with Crippen molar-refractivity contribution in [3.05, 3.63) is 39.8 Å². The molecule has 10 nitrogen and oxygen atoms in total. The fraction of sp³-hybridized carbons (Fsp3) is 0.429. The van der Waals surface area contributed by atoms with E-state index in [4.69, 9.17) is 14.6 Å². The second-order valence-electron chi connectivity index (χ2n) is 6.89. The molecule has 0 aliphatic rings. The molecule has 0 saturated heterocycles. The van der Waals surface area contributed by atoms with Gasteiger partial charge in [0.1, 0.15) is 10.4 Å². The Kier molecular flexibility index (Phi) is 9.72. The first-order chi connectivity index (χ1) is 15.3. The second kappa shape index (κ2) is 12.2. The molecular weight excluding hydrogens is 438 g/mol. The molecule has 1 heterocycles. The van der Waals surface area contributed by atoms with Gasteiger partial charge in [0.05, 0.1) is 38.7 Å². The number of carboxylic acid groups (broad SMARTS) is 2. The molecule has 0 spiro atoms. The lowest BCUT2D eigenvalue weighted by Crippen LogP contribution is -2.23. The molecule has 1 aromatic carbocycles. The van der Waals surface area contributed by atoms with Gasteiger partial charge in [-0.25, -0.2) is 9.59 Å². The van der Waals surface area contributed by atoms with Gasteiger partial charge in [-0.05, 0) is 43.2 Å². The van der Waals surface area contributed by atoms with Gasteiger partial charge in [0, 0.05) is 19.3 Å². The Labute approximate surface area is 189 Å². The Morgan fingerprint density at radius 3 is 2.31 bits per heavy atom. The van der Waals surface area contributed by atoms with Gasteiger partial charge in [-0.2, -0.15) is 0 Å². The van der Waals surface area contributed by atoms with Gasteiger partial charge in [-0.3, -0.25) is 0 Å². The van der Waals surface area contributed by atoms with Crippen LogP contribution in [0.3, 0.4) is 0 Å². The third-order valence-electron chi connectivity index (χ3n) is 4.58. The molecule has 174 valence electrons. The van der Waals surface area contributed by atoms with Crippen LogP contribution in [0.15, 0.2) is 28.4 Å². The monoisotopic (exact) mass is 465 g/mol. The normalized spacial score (nSPS) is 11.2. The number of hydrogen-bond donors (Lipinski definition) is 3. The van der Waals surface area contributed by atoms with E-state index in [-0.39, 0.29) is 27.6 Å². The lowest BCUT2D eigenvalue weighted by Gasteiger charge is -2.20. The van der Waals surface area contributed by atoms with E-state index in [0.29, 0.717) is 38.7 Å². The molecule has 1 aromatic heterocycles. The molecule has 0 amide bonds. The number of thiophene rings is 1. The SMILES string of the molecule is Cc1cc(N(C)CCOCCOCCO)ccc1/N=N/c1sc(C(=O)O)c(C)c1C(=O)O. The highest BCUT2D eigenvalue weighted by Crippen LogP contribution is 2.37. The van der Waals surface area contributed by atoms with Crippen LogP contribution >= 0.6 is 11.3 Å². The van der Waals surface area contributed by atoms with Crippen molar-refractivity contribution in [2.45, 2.75) is 13.8 Å². The number of nitrogens with zero attached hydrogens (tertiary/aromatic N) is 3. The molecule has 0 unspecified atom stereocenters. The molecule has 0 aliphatic carbocycles. The highest BCUT2D eigenvalue weighted by atomic mass is 32.1. The van der Waals surface area contributed by atoms with Gasteiger partial charge in [-0.15, -0.1) is 21.6 Å². The first-order valence-electron chi connectivity index (χ1n) is 9.86. The van der Waals surface area contributed by atoms with Gasteiger partial charge < -0.3 is 29.7 Å². The van der Waals surface area contributed by atoms with Crippen LogP contribution in [0.25, 0.3) is 0 Å². The minimum Gasteiger partial charge on any atom is -0.478 e. The van der Waals surface area contributed by atoms with Crippen LogP contribution in [-0.4, -0.2) is 73.9 Å². The zero-order valence-corrected chi connectivity index (χ0v) is 19.0. The number of anilines is 1. The number of rotatable bonds is 13. The Morgan fingerprint density at radius 1 is 1.03 bits per heavy atom. The number of aryl methyl sites for hydroxylation is 1. The number of ether oxygens (including phenoxy) is 2. The third kappa shape index (κ3) is 6.82. The van der Waals surface area contributed by atoms with Gasteiger partial charge in [0.25, 0.3) is 0 Å². The van der Waals surface area contributed by atoms with Crippen LogP contribution < -0.4 is 4.90 Å². The highest BCUT2D eigenvalue weighted by Gasteiger charge is 2.24. The van der Waals surface area contributed by atoms with E-state index >= 15 is 0 Å². The van der Waals surface area contributed by atoms with Crippen molar-refractivity contribution in [1.29, 1.82) is 0 Å². The highest BCUT2D eigenvalue weighted by molar-refractivity contribution is 7.18. The number of aliphatic hydroxyl groups excluding tert-OH is 1. The number of aromatic carboxylic acids is 2. The summed E-state index contributed by atoms with van der Waals surface area (Å²) in [5.41, 5.74) is 2.36. The van der Waals surface area contributed by atoms with Crippen molar-refractivity contribution in [2.75, 3.05) is 51.5 Å². The smallest absolute Gasteiger partial charge is 0.346 e. The summed E-state index contributed by atoms with van der Waals surface area (Å²) in [6.45, 7) is 5.67. The van der Waals surface area contributed by atoms with Gasteiger partial charge >= 0.3 is 11.9 Å². The zero-order chi connectivity index (χ0) is 23.7. The topological polar surface area (TPSA) is 141 Å². The summed E-state index contributed by atoms with van der Waals surface area (Å²) in [7, 11) is 1.93. The third-order valence-corrected chi connectivity index (χ3v) is 5.75. The summed E-state index contributed by atoms with van der Waals surface area (Å²) in [5.74, 6) is -2.43. The fourth-order valence-electron chi connectivity index (χ4n) is 2.83. The molecule has 0 saturated carbocycles. The number of benzene rings is 1. The van der Waals surface area contributed by atoms with Crippen molar-refractivity contribution in [3.63, 3.8) is 0 Å². The first kappa shape index (κ1) is 25.4. The lowest BCUT2D eigenvalue weighted by atomic mass is 10.1. The summed E-state index contributed by atoms with van der Waals surface area (Å²) in [5, 5.41) is 35.5. The van der Waals surface area contributed by atoms with Crippen LogP contribution in [0, 0.1) is 13.8 Å². The minimum atomic E-state index is -1.24. The van der Waals surface area contributed by atoms with E-state index in [1.54, 1.807) is 6.07 Å². The van der Waals surface area contributed by atoms with E-state index in [2.05, 4.69) is 10.2 Å². The molecule has 3 N–H and O–H groups in total. The maximum atomic E-state index is 11.5. The van der Waals surface area contributed by atoms with Crippen molar-refractivity contribution in [1.82, 2.24) is 0 Å². The van der Waals surface area contributed by atoms with Gasteiger partial charge in [0.2, 0.25) is 0 Å². The van der Waals surface area contributed by atoms with Gasteiger partial charge in [-0.1, -0.05) is 0 Å². The minimum absolute atomic E-state index is 0.00525. The standard InChI is InChI=1S/C21H27N3O7S/c1-13-12-15(24(3)6-8-30-10-11-31-9-7-25)4-5-16(13)22-23-19-17(20(26)27)14(2)18(32-19)21(28)29/h4-5,12,25H,6-11H2,1-3H3,(H,26,27)(H,28,29)/b23-22+. The van der Waals surface area contributed by atoms with Crippen molar-refractivity contribution in [3.8, 4) is 0 Å². The van der Waals surface area contributed by atoms with E-state index < -0.39 is 11.9 Å². The number of likely N-dealkylation sites (N-methyl/N-ethyl adjacent to an activating group) is 1. The fourth-order valence-corrected chi connectivity index (χ4v) is 3.79. The zero-order valence-electron chi connectivity index (χ0n) is 18.2. The Balaban J connectivity index is 2.03. The largest absolute Gasteiger partial charge is 0.478 e.